The third-order valence-corrected chi connectivity index (χ3v) is 12.1. The summed E-state index contributed by atoms with van der Waals surface area (Å²) in [6, 6.07) is 3.65. The molecule has 0 amide bonds. The van der Waals surface area contributed by atoms with E-state index in [0.29, 0.717) is 5.57 Å². The number of nitrogens with zero attached hydrogens (tertiary/aromatic N) is 1. The Bertz CT molecular complexity index is 2510. The minimum Gasteiger partial charge on any atom is -0.505 e. The van der Waals surface area contributed by atoms with Crippen molar-refractivity contribution < 1.29 is 52.4 Å². The number of benzene rings is 3. The first-order chi connectivity index (χ1) is 27.8. The summed E-state index contributed by atoms with van der Waals surface area (Å²) < 4.78 is 44.5. The molecule has 1 aromatic heterocycles. The van der Waals surface area contributed by atoms with Gasteiger partial charge in [-0.1, -0.05) is 52.8 Å². The second-order valence-electron chi connectivity index (χ2n) is 16.0. The van der Waals surface area contributed by atoms with Gasteiger partial charge in [0, 0.05) is 49.8 Å². The SMILES string of the molecule is CO[C@H]1/C=C/O[C@@]2(C)Oc3c(C)c(=O)c4c(O)c(c5oc6cc(F)ccc6nc5c4c3C2=O)NCC(=O)/C(C)=C\C=C\[C@H](C)[C@H](O)[C@@H](C)[C@@H](C)[C@@H](C)[C@H](OC(C)=O)[C@@H]1C. The molecule has 314 valence electrons. The zero-order valence-electron chi connectivity index (χ0n) is 34.8. The van der Waals surface area contributed by atoms with E-state index in [-0.39, 0.29) is 91.5 Å². The van der Waals surface area contributed by atoms with E-state index in [1.807, 2.05) is 34.6 Å². The number of nitrogens with one attached hydrogen (secondary N) is 1. The van der Waals surface area contributed by atoms with Gasteiger partial charge >= 0.3 is 11.8 Å². The van der Waals surface area contributed by atoms with E-state index in [2.05, 4.69) is 5.32 Å². The lowest BCUT2D eigenvalue weighted by molar-refractivity contribution is -0.157. The number of hydrogen-bond donors (Lipinski definition) is 3. The summed E-state index contributed by atoms with van der Waals surface area (Å²) in [6.45, 7) is 15.0. The molecule has 4 aromatic rings. The van der Waals surface area contributed by atoms with Crippen LogP contribution in [0.15, 0.2) is 63.6 Å². The van der Waals surface area contributed by atoms with Crippen molar-refractivity contribution in [3.8, 4) is 11.5 Å². The number of halogens is 1. The summed E-state index contributed by atoms with van der Waals surface area (Å²) in [6.07, 6.45) is 5.76. The molecule has 3 heterocycles. The van der Waals surface area contributed by atoms with Crippen LogP contribution in [0.4, 0.5) is 10.1 Å². The maximum Gasteiger partial charge on any atom is 0.312 e. The van der Waals surface area contributed by atoms with E-state index in [4.69, 9.17) is 28.3 Å². The number of esters is 1. The number of carbonyl (C=O) groups is 3. The summed E-state index contributed by atoms with van der Waals surface area (Å²) in [5.41, 5.74) is -0.616. The third-order valence-electron chi connectivity index (χ3n) is 12.1. The van der Waals surface area contributed by atoms with Crippen LogP contribution in [0.1, 0.15) is 71.3 Å². The number of ketones is 2. The van der Waals surface area contributed by atoms with Crippen molar-refractivity contribution in [3.63, 3.8) is 0 Å². The fraction of sp³-hybridized carbons (Fsp3) is 0.444. The Balaban J connectivity index is 1.56. The molecule has 2 aliphatic rings. The average Bonchev–Trinajstić information content (AvgIpc) is 3.46. The van der Waals surface area contributed by atoms with Crippen LogP contribution in [0, 0.1) is 42.3 Å². The van der Waals surface area contributed by atoms with Crippen LogP contribution in [-0.4, -0.2) is 70.5 Å². The summed E-state index contributed by atoms with van der Waals surface area (Å²) in [7, 11) is 1.49. The van der Waals surface area contributed by atoms with Crippen LogP contribution < -0.4 is 15.5 Å². The lowest BCUT2D eigenvalue weighted by Gasteiger charge is -2.39. The summed E-state index contributed by atoms with van der Waals surface area (Å²) >= 11 is 0. The van der Waals surface area contributed by atoms with Crippen molar-refractivity contribution in [2.75, 3.05) is 19.0 Å². The van der Waals surface area contributed by atoms with Crippen LogP contribution in [-0.2, 0) is 23.8 Å². The summed E-state index contributed by atoms with van der Waals surface area (Å²) in [4.78, 5) is 59.3. The molecule has 4 bridgehead atoms. The van der Waals surface area contributed by atoms with Crippen molar-refractivity contribution in [2.45, 2.75) is 86.4 Å². The number of aliphatic hydroxyl groups excluding tert-OH is 1. The molecule has 0 saturated heterocycles. The predicted molar refractivity (Wildman–Crippen MR) is 220 cm³/mol. The van der Waals surface area contributed by atoms with Gasteiger partial charge in [0.1, 0.15) is 34.4 Å². The molecule has 2 aliphatic heterocycles. The Morgan fingerprint density at radius 2 is 1.73 bits per heavy atom. The van der Waals surface area contributed by atoms with Gasteiger partial charge < -0.3 is 38.9 Å². The Morgan fingerprint density at radius 3 is 2.41 bits per heavy atom. The van der Waals surface area contributed by atoms with Gasteiger partial charge in [-0.15, -0.1) is 0 Å². The van der Waals surface area contributed by atoms with Crippen molar-refractivity contribution in [1.82, 2.24) is 4.98 Å². The highest BCUT2D eigenvalue weighted by molar-refractivity contribution is 6.25. The minimum absolute atomic E-state index is 0.00457. The van der Waals surface area contributed by atoms with Crippen LogP contribution in [0.3, 0.4) is 0 Å². The molecule has 14 heteroatoms. The molecule has 3 aromatic carbocycles. The van der Waals surface area contributed by atoms with Crippen LogP contribution in [0.5, 0.6) is 11.5 Å². The zero-order chi connectivity index (χ0) is 43.2. The zero-order valence-corrected chi connectivity index (χ0v) is 34.8. The molecule has 0 spiro atoms. The van der Waals surface area contributed by atoms with Crippen LogP contribution >= 0.6 is 0 Å². The highest BCUT2D eigenvalue weighted by Gasteiger charge is 2.49. The maximum absolute atomic E-state index is 14.6. The number of carbonyl (C=O) groups excluding carboxylic acids is 3. The number of aliphatic hydroxyl groups is 1. The van der Waals surface area contributed by atoms with E-state index in [9.17, 15) is 33.8 Å². The highest BCUT2D eigenvalue weighted by Crippen LogP contribution is 2.48. The average molecular weight is 815 g/mol. The van der Waals surface area contributed by atoms with Gasteiger partial charge in [-0.05, 0) is 55.4 Å². The predicted octanol–water partition coefficient (Wildman–Crippen LogP) is 7.45. The van der Waals surface area contributed by atoms with Gasteiger partial charge in [0.05, 0.1) is 36.0 Å². The Morgan fingerprint density at radius 1 is 1.02 bits per heavy atom. The standard InChI is InChI=1S/C45H51FN2O11/c1-20-12-11-13-21(2)38(51)23(4)22(3)24(5)41(57-27(8)49)25(6)31(55-10)16-17-56-45(9)44(54)35-33-34(39(52)26(7)42(35)59-45)40(53)37(47-19-30(20)50)43-36(33)48-29-15-14-28(46)18-32(29)58-43/h11-18,21-25,31,38,41,47,51,53H,19H2,1-10H3/b13-11+,17-16+,20-12-/t21-,22+,23-,24+,25+,31-,38-,41-,45-/m0/s1. The molecule has 0 unspecified atom stereocenters. The highest BCUT2D eigenvalue weighted by atomic mass is 19.1. The van der Waals surface area contributed by atoms with Gasteiger partial charge in [0.25, 0.3) is 5.78 Å². The summed E-state index contributed by atoms with van der Waals surface area (Å²) in [5.74, 6) is -6.34. The first-order valence-corrected chi connectivity index (χ1v) is 19.6. The Hall–Kier alpha value is -5.60. The number of anilines is 1. The van der Waals surface area contributed by atoms with Gasteiger partial charge in [-0.2, -0.15) is 0 Å². The number of aromatic nitrogens is 1. The first-order valence-electron chi connectivity index (χ1n) is 19.6. The normalized spacial score (nSPS) is 30.3. The lowest BCUT2D eigenvalue weighted by atomic mass is 9.73. The van der Waals surface area contributed by atoms with E-state index in [1.165, 1.54) is 46.3 Å². The second-order valence-corrected chi connectivity index (χ2v) is 16.0. The van der Waals surface area contributed by atoms with E-state index in [1.54, 1.807) is 31.2 Å². The smallest absolute Gasteiger partial charge is 0.312 e. The lowest BCUT2D eigenvalue weighted by Crippen LogP contribution is -2.43. The molecule has 0 aliphatic carbocycles. The number of Topliss-reactive ketones (excluding diaryl/α,β-unsaturated/α-hetero) is 2. The topological polar surface area (TPSA) is 184 Å². The second kappa shape index (κ2) is 16.6. The number of fused-ring (bicyclic) bond motifs is 2. The van der Waals surface area contributed by atoms with E-state index >= 15 is 0 Å². The molecule has 0 fully saturated rings. The van der Waals surface area contributed by atoms with Crippen LogP contribution in [0.2, 0.25) is 0 Å². The molecule has 59 heavy (non-hydrogen) atoms. The monoisotopic (exact) mass is 814 g/mol. The number of rotatable bonds is 2. The van der Waals surface area contributed by atoms with Crippen LogP contribution in [0.25, 0.3) is 33.0 Å². The number of methoxy groups -OCH3 is 1. The number of hydrogen-bond acceptors (Lipinski definition) is 13. The number of aromatic hydroxyl groups is 1. The molecule has 6 rings (SSSR count). The summed E-state index contributed by atoms with van der Waals surface area (Å²) in [5, 5.41) is 25.9. The van der Waals surface area contributed by atoms with Crippen molar-refractivity contribution >= 4 is 56.2 Å². The fourth-order valence-corrected chi connectivity index (χ4v) is 8.15. The molecule has 0 radical (unpaired) electrons. The molecule has 13 nitrogen and oxygen atoms in total. The van der Waals surface area contributed by atoms with Gasteiger partial charge in [-0.3, -0.25) is 19.2 Å². The number of allylic oxidation sites excluding steroid dienone is 2. The quantitative estimate of drug-likeness (QED) is 0.0786. The van der Waals surface area contributed by atoms with Crippen molar-refractivity contribution in [3.05, 3.63) is 81.5 Å². The fourth-order valence-electron chi connectivity index (χ4n) is 8.15. The first kappa shape index (κ1) is 43.0. The molecule has 9 atom stereocenters. The van der Waals surface area contributed by atoms with E-state index in [0.717, 1.165) is 6.07 Å². The number of ether oxygens (including phenoxy) is 4. The molecular weight excluding hydrogens is 763 g/mol. The molecule has 3 N–H and O–H groups in total. The van der Waals surface area contributed by atoms with Gasteiger partial charge in [0.2, 0.25) is 0 Å². The third kappa shape index (κ3) is 7.83. The van der Waals surface area contributed by atoms with Gasteiger partial charge in [0.15, 0.2) is 28.1 Å². The Kier molecular flexibility index (Phi) is 12.1. The Labute approximate surface area is 340 Å². The van der Waals surface area contributed by atoms with Crippen molar-refractivity contribution in [1.29, 1.82) is 0 Å². The van der Waals surface area contributed by atoms with E-state index < -0.39 is 58.8 Å². The maximum atomic E-state index is 14.6. The largest absolute Gasteiger partial charge is 0.505 e. The van der Waals surface area contributed by atoms with Gasteiger partial charge in [-0.25, -0.2) is 9.37 Å². The minimum atomic E-state index is -2.02. The number of phenols is 1. The molecule has 0 saturated carbocycles. The molecular formula is C45H51FN2O11. The number of phenolic OH excluding ortho intramolecular Hbond substituents is 1. The van der Waals surface area contributed by atoms with Crippen molar-refractivity contribution in [2.24, 2.45) is 29.6 Å².